The van der Waals surface area contributed by atoms with Gasteiger partial charge in [0.05, 0.1) is 17.5 Å². The highest BCUT2D eigenvalue weighted by Crippen LogP contribution is 2.32. The summed E-state index contributed by atoms with van der Waals surface area (Å²) in [6.07, 6.45) is 3.28. The number of hydrogen-bond donors (Lipinski definition) is 1. The first-order chi connectivity index (χ1) is 11.1. The number of carbonyl (C=O) groups is 1. The highest BCUT2D eigenvalue weighted by atomic mass is 16.5. The van der Waals surface area contributed by atoms with Crippen molar-refractivity contribution in [2.24, 2.45) is 0 Å². The van der Waals surface area contributed by atoms with Gasteiger partial charge in [-0.25, -0.2) is 9.97 Å². The molecule has 6 heteroatoms. The Bertz CT molecular complexity index is 811. The van der Waals surface area contributed by atoms with Crippen molar-refractivity contribution < 1.29 is 9.53 Å². The summed E-state index contributed by atoms with van der Waals surface area (Å²) in [5, 5.41) is 1.78. The Morgan fingerprint density at radius 3 is 2.91 bits per heavy atom. The van der Waals surface area contributed by atoms with Crippen LogP contribution in [-0.2, 0) is 16.1 Å². The van der Waals surface area contributed by atoms with Gasteiger partial charge in [0.2, 0.25) is 0 Å². The van der Waals surface area contributed by atoms with Crippen LogP contribution in [-0.4, -0.2) is 27.1 Å². The molecule has 0 aliphatic rings. The standard InChI is InChI=1S/C17H20N4O2/c1-3-4-8-23-13(22)9-21-12-7-5-6-11(2)14(12)15-16(18)19-10-20-17(15)21/h5-7,10H,3-4,8-9H2,1-2H3,(H2,18,19,20). The molecule has 2 N–H and O–H groups in total. The van der Waals surface area contributed by atoms with E-state index in [1.807, 2.05) is 29.7 Å². The SMILES string of the molecule is CCCCOC(=O)Cn1c2cccc(C)c2c2c(N)ncnc21. The van der Waals surface area contributed by atoms with Crippen molar-refractivity contribution in [3.63, 3.8) is 0 Å². The highest BCUT2D eigenvalue weighted by Gasteiger charge is 2.18. The Morgan fingerprint density at radius 1 is 1.30 bits per heavy atom. The number of hydrogen-bond acceptors (Lipinski definition) is 5. The predicted octanol–water partition coefficient (Wildman–Crippen LogP) is 2.82. The Hall–Kier alpha value is -2.63. The molecule has 0 atom stereocenters. The summed E-state index contributed by atoms with van der Waals surface area (Å²) in [6.45, 7) is 4.63. The zero-order valence-electron chi connectivity index (χ0n) is 13.4. The number of rotatable bonds is 5. The second-order valence-electron chi connectivity index (χ2n) is 5.59. The maximum atomic E-state index is 12.1. The molecule has 2 heterocycles. The molecule has 1 aromatic carbocycles. The number of nitrogens with two attached hydrogens (primary N) is 1. The van der Waals surface area contributed by atoms with Gasteiger partial charge in [0, 0.05) is 5.39 Å². The van der Waals surface area contributed by atoms with Crippen LogP contribution in [0.1, 0.15) is 25.3 Å². The normalized spacial score (nSPS) is 11.2. The summed E-state index contributed by atoms with van der Waals surface area (Å²) in [5.41, 5.74) is 8.71. The molecule has 0 spiro atoms. The second-order valence-corrected chi connectivity index (χ2v) is 5.59. The summed E-state index contributed by atoms with van der Waals surface area (Å²) in [6, 6.07) is 5.93. The first-order valence-electron chi connectivity index (χ1n) is 7.77. The Morgan fingerprint density at radius 2 is 2.13 bits per heavy atom. The van der Waals surface area contributed by atoms with Crippen LogP contribution in [0.3, 0.4) is 0 Å². The third-order valence-corrected chi connectivity index (χ3v) is 3.95. The molecule has 0 saturated heterocycles. The van der Waals surface area contributed by atoms with Crippen LogP contribution < -0.4 is 5.73 Å². The molecule has 23 heavy (non-hydrogen) atoms. The maximum Gasteiger partial charge on any atom is 0.326 e. The van der Waals surface area contributed by atoms with Crippen LogP contribution in [0.4, 0.5) is 5.82 Å². The second kappa shape index (κ2) is 6.24. The van der Waals surface area contributed by atoms with E-state index in [0.29, 0.717) is 18.1 Å². The smallest absolute Gasteiger partial charge is 0.326 e. The van der Waals surface area contributed by atoms with Crippen molar-refractivity contribution in [3.8, 4) is 0 Å². The van der Waals surface area contributed by atoms with Crippen LogP contribution in [0.2, 0.25) is 0 Å². The maximum absolute atomic E-state index is 12.1. The van der Waals surface area contributed by atoms with E-state index in [2.05, 4.69) is 16.9 Å². The van der Waals surface area contributed by atoms with Crippen LogP contribution in [0.25, 0.3) is 21.9 Å². The van der Waals surface area contributed by atoms with E-state index in [0.717, 1.165) is 34.7 Å². The fourth-order valence-corrected chi connectivity index (χ4v) is 2.82. The number of aromatic nitrogens is 3. The van der Waals surface area contributed by atoms with Gasteiger partial charge in [-0.1, -0.05) is 25.5 Å². The number of aryl methyl sites for hydroxylation is 1. The average molecular weight is 312 g/mol. The quantitative estimate of drug-likeness (QED) is 0.578. The van der Waals surface area contributed by atoms with Gasteiger partial charge in [0.1, 0.15) is 24.3 Å². The van der Waals surface area contributed by atoms with E-state index in [9.17, 15) is 4.79 Å². The monoisotopic (exact) mass is 312 g/mol. The van der Waals surface area contributed by atoms with E-state index in [4.69, 9.17) is 10.5 Å². The third-order valence-electron chi connectivity index (χ3n) is 3.95. The van der Waals surface area contributed by atoms with E-state index < -0.39 is 0 Å². The molecule has 0 fully saturated rings. The first-order valence-corrected chi connectivity index (χ1v) is 7.77. The van der Waals surface area contributed by atoms with Crippen LogP contribution in [0.5, 0.6) is 0 Å². The Labute approximate surface area is 134 Å². The molecule has 0 aliphatic heterocycles. The van der Waals surface area contributed by atoms with Crippen molar-refractivity contribution >= 4 is 33.7 Å². The van der Waals surface area contributed by atoms with Crippen molar-refractivity contribution in [1.29, 1.82) is 0 Å². The highest BCUT2D eigenvalue weighted by molar-refractivity contribution is 6.13. The fraction of sp³-hybridized carbons (Fsp3) is 0.353. The van der Waals surface area contributed by atoms with E-state index >= 15 is 0 Å². The molecule has 0 radical (unpaired) electrons. The average Bonchev–Trinajstić information content (AvgIpc) is 2.85. The number of carbonyl (C=O) groups excluding carboxylic acids is 1. The lowest BCUT2D eigenvalue weighted by molar-refractivity contribution is -0.144. The van der Waals surface area contributed by atoms with E-state index in [-0.39, 0.29) is 12.5 Å². The van der Waals surface area contributed by atoms with Crippen LogP contribution in [0.15, 0.2) is 24.5 Å². The summed E-state index contributed by atoms with van der Waals surface area (Å²) in [7, 11) is 0. The summed E-state index contributed by atoms with van der Waals surface area (Å²) < 4.78 is 7.13. The lowest BCUT2D eigenvalue weighted by Crippen LogP contribution is -2.14. The van der Waals surface area contributed by atoms with Crippen molar-refractivity contribution in [1.82, 2.24) is 14.5 Å². The van der Waals surface area contributed by atoms with E-state index in [1.54, 1.807) is 0 Å². The van der Waals surface area contributed by atoms with Crippen LogP contribution >= 0.6 is 0 Å². The molecule has 2 aromatic heterocycles. The van der Waals surface area contributed by atoms with Gasteiger partial charge in [-0.2, -0.15) is 0 Å². The largest absolute Gasteiger partial charge is 0.464 e. The molecular weight excluding hydrogens is 292 g/mol. The molecule has 0 bridgehead atoms. The number of anilines is 1. The molecule has 120 valence electrons. The van der Waals surface area contributed by atoms with Crippen LogP contribution in [0, 0.1) is 6.92 Å². The lowest BCUT2D eigenvalue weighted by atomic mass is 10.1. The lowest BCUT2D eigenvalue weighted by Gasteiger charge is -2.07. The summed E-state index contributed by atoms with van der Waals surface area (Å²) >= 11 is 0. The molecule has 0 aliphatic carbocycles. The molecule has 0 saturated carbocycles. The number of nitrogens with zero attached hydrogens (tertiary/aromatic N) is 3. The van der Waals surface area contributed by atoms with Crippen molar-refractivity contribution in [2.75, 3.05) is 12.3 Å². The number of unbranched alkanes of at least 4 members (excludes halogenated alkanes) is 1. The molecular formula is C17H20N4O2. The third kappa shape index (κ3) is 2.72. The Kier molecular flexibility index (Phi) is 4.14. The van der Waals surface area contributed by atoms with Gasteiger partial charge in [0.25, 0.3) is 0 Å². The van der Waals surface area contributed by atoms with E-state index in [1.165, 1.54) is 6.33 Å². The van der Waals surface area contributed by atoms with Gasteiger partial charge < -0.3 is 15.0 Å². The molecule has 3 rings (SSSR count). The number of benzene rings is 1. The fourth-order valence-electron chi connectivity index (χ4n) is 2.82. The minimum Gasteiger partial charge on any atom is -0.464 e. The van der Waals surface area contributed by atoms with Gasteiger partial charge >= 0.3 is 5.97 Å². The minimum atomic E-state index is -0.268. The van der Waals surface area contributed by atoms with Gasteiger partial charge in [0.15, 0.2) is 0 Å². The number of nitrogen functional groups attached to an aromatic ring is 1. The zero-order chi connectivity index (χ0) is 16.4. The van der Waals surface area contributed by atoms with Gasteiger partial charge in [-0.3, -0.25) is 4.79 Å². The number of fused-ring (bicyclic) bond motifs is 3. The van der Waals surface area contributed by atoms with Crippen molar-refractivity contribution in [2.45, 2.75) is 33.2 Å². The molecule has 0 amide bonds. The molecule has 3 aromatic rings. The van der Waals surface area contributed by atoms with Crippen molar-refractivity contribution in [3.05, 3.63) is 30.1 Å². The van der Waals surface area contributed by atoms with Gasteiger partial charge in [-0.05, 0) is 25.0 Å². The number of ether oxygens (including phenoxy) is 1. The number of esters is 1. The minimum absolute atomic E-state index is 0.115. The molecule has 6 nitrogen and oxygen atoms in total. The topological polar surface area (TPSA) is 83.0 Å². The Balaban J connectivity index is 2.10. The first kappa shape index (κ1) is 15.3. The van der Waals surface area contributed by atoms with Gasteiger partial charge in [-0.15, -0.1) is 0 Å². The zero-order valence-corrected chi connectivity index (χ0v) is 13.4. The summed E-state index contributed by atoms with van der Waals surface area (Å²) in [4.78, 5) is 20.5. The summed E-state index contributed by atoms with van der Waals surface area (Å²) in [5.74, 6) is 0.156. The predicted molar refractivity (Wildman–Crippen MR) is 90.1 cm³/mol. The molecule has 0 unspecified atom stereocenters.